The highest BCUT2D eigenvalue weighted by atomic mass is 16.5. The van der Waals surface area contributed by atoms with Gasteiger partial charge in [-0.3, -0.25) is 9.59 Å². The van der Waals surface area contributed by atoms with Gasteiger partial charge in [0.05, 0.1) is 18.8 Å². The Kier molecular flexibility index (Phi) is 6.57. The SMILES string of the molecule is CCCCCOc1ccc(CN2C(=O)[C@@H](NC(C)=O)c3c(C)ccc(C)c32)cc1. The van der Waals surface area contributed by atoms with Crippen LogP contribution in [-0.2, 0) is 16.1 Å². The van der Waals surface area contributed by atoms with E-state index in [4.69, 9.17) is 4.74 Å². The number of carbonyl (C=O) groups is 2. The number of hydrogen-bond acceptors (Lipinski definition) is 3. The lowest BCUT2D eigenvalue weighted by molar-refractivity contribution is -0.126. The average molecular weight is 395 g/mol. The number of amides is 2. The zero-order chi connectivity index (χ0) is 21.0. The third kappa shape index (κ3) is 4.61. The minimum absolute atomic E-state index is 0.0903. The van der Waals surface area contributed by atoms with Crippen molar-refractivity contribution >= 4 is 17.5 Å². The Morgan fingerprint density at radius 2 is 1.76 bits per heavy atom. The molecule has 0 unspecified atom stereocenters. The maximum Gasteiger partial charge on any atom is 0.254 e. The number of rotatable bonds is 8. The van der Waals surface area contributed by atoms with Gasteiger partial charge in [0.1, 0.15) is 11.8 Å². The number of nitrogens with zero attached hydrogens (tertiary/aromatic N) is 1. The van der Waals surface area contributed by atoms with E-state index in [0.717, 1.165) is 46.7 Å². The van der Waals surface area contributed by atoms with Crippen LogP contribution in [-0.4, -0.2) is 18.4 Å². The van der Waals surface area contributed by atoms with Crippen LogP contribution < -0.4 is 15.0 Å². The molecule has 0 spiro atoms. The van der Waals surface area contributed by atoms with Crippen molar-refractivity contribution in [2.45, 2.75) is 59.5 Å². The molecule has 29 heavy (non-hydrogen) atoms. The van der Waals surface area contributed by atoms with Crippen LogP contribution in [0.2, 0.25) is 0 Å². The highest BCUT2D eigenvalue weighted by Crippen LogP contribution is 2.41. The Morgan fingerprint density at radius 1 is 1.07 bits per heavy atom. The fraction of sp³-hybridized carbons (Fsp3) is 0.417. The van der Waals surface area contributed by atoms with Crippen molar-refractivity contribution in [3.8, 4) is 5.75 Å². The van der Waals surface area contributed by atoms with Crippen LogP contribution in [0.3, 0.4) is 0 Å². The van der Waals surface area contributed by atoms with Gasteiger partial charge >= 0.3 is 0 Å². The number of ether oxygens (including phenoxy) is 1. The van der Waals surface area contributed by atoms with Gasteiger partial charge in [0.25, 0.3) is 5.91 Å². The van der Waals surface area contributed by atoms with Gasteiger partial charge in [-0.05, 0) is 49.1 Å². The molecular formula is C24H30N2O3. The Morgan fingerprint density at radius 3 is 2.41 bits per heavy atom. The number of benzene rings is 2. The van der Waals surface area contributed by atoms with E-state index in [9.17, 15) is 9.59 Å². The molecule has 0 bridgehead atoms. The van der Waals surface area contributed by atoms with E-state index >= 15 is 0 Å². The molecule has 1 heterocycles. The molecule has 0 aromatic heterocycles. The normalized spacial score (nSPS) is 15.4. The molecule has 0 radical (unpaired) electrons. The first-order valence-corrected chi connectivity index (χ1v) is 10.3. The van der Waals surface area contributed by atoms with Crippen LogP contribution in [0, 0.1) is 13.8 Å². The largest absolute Gasteiger partial charge is 0.494 e. The average Bonchev–Trinajstić information content (AvgIpc) is 2.96. The van der Waals surface area contributed by atoms with Gasteiger partial charge in [-0.25, -0.2) is 0 Å². The fourth-order valence-electron chi connectivity index (χ4n) is 3.84. The van der Waals surface area contributed by atoms with Gasteiger partial charge < -0.3 is 15.0 Å². The topological polar surface area (TPSA) is 58.6 Å². The minimum atomic E-state index is -0.622. The molecule has 0 saturated carbocycles. The summed E-state index contributed by atoms with van der Waals surface area (Å²) < 4.78 is 5.78. The van der Waals surface area contributed by atoms with Gasteiger partial charge in [0, 0.05) is 12.5 Å². The summed E-state index contributed by atoms with van der Waals surface area (Å²) in [6, 6.07) is 11.3. The summed E-state index contributed by atoms with van der Waals surface area (Å²) in [5.41, 5.74) is 4.88. The summed E-state index contributed by atoms with van der Waals surface area (Å²) in [6.45, 7) is 8.78. The molecule has 0 saturated heterocycles. The highest BCUT2D eigenvalue weighted by molar-refractivity contribution is 6.07. The van der Waals surface area contributed by atoms with Crippen molar-refractivity contribution in [3.05, 3.63) is 58.7 Å². The van der Waals surface area contributed by atoms with Gasteiger partial charge in [0.2, 0.25) is 5.91 Å². The lowest BCUT2D eigenvalue weighted by Crippen LogP contribution is -2.36. The fourth-order valence-corrected chi connectivity index (χ4v) is 3.84. The third-order valence-electron chi connectivity index (χ3n) is 5.34. The first kappa shape index (κ1) is 20.9. The van der Waals surface area contributed by atoms with Crippen molar-refractivity contribution in [1.29, 1.82) is 0 Å². The van der Waals surface area contributed by atoms with Crippen LogP contribution in [0.15, 0.2) is 36.4 Å². The Balaban J connectivity index is 1.80. The minimum Gasteiger partial charge on any atom is -0.494 e. The predicted molar refractivity (Wildman–Crippen MR) is 115 cm³/mol. The van der Waals surface area contributed by atoms with E-state index in [1.54, 1.807) is 4.90 Å². The summed E-state index contributed by atoms with van der Waals surface area (Å²) in [4.78, 5) is 26.6. The third-order valence-corrected chi connectivity index (χ3v) is 5.34. The number of nitrogens with one attached hydrogen (secondary N) is 1. The van der Waals surface area contributed by atoms with E-state index in [2.05, 4.69) is 12.2 Å². The van der Waals surface area contributed by atoms with Crippen molar-refractivity contribution in [2.24, 2.45) is 0 Å². The van der Waals surface area contributed by atoms with E-state index in [1.807, 2.05) is 50.2 Å². The molecule has 0 fully saturated rings. The number of fused-ring (bicyclic) bond motifs is 1. The van der Waals surface area contributed by atoms with Crippen LogP contribution in [0.4, 0.5) is 5.69 Å². The van der Waals surface area contributed by atoms with Gasteiger partial charge in [-0.1, -0.05) is 44.0 Å². The molecule has 1 aliphatic heterocycles. The molecule has 1 N–H and O–H groups in total. The standard InChI is InChI=1S/C24H30N2O3/c1-5-6-7-14-29-20-12-10-19(11-13-20)15-26-23-17(3)9-8-16(2)21(23)22(24(26)28)25-18(4)27/h8-13,22H,5-7,14-15H2,1-4H3,(H,25,27)/t22-/m0/s1. The number of anilines is 1. The quantitative estimate of drug-likeness (QED) is 0.666. The van der Waals surface area contributed by atoms with Crippen molar-refractivity contribution in [2.75, 3.05) is 11.5 Å². The summed E-state index contributed by atoms with van der Waals surface area (Å²) in [7, 11) is 0. The lowest BCUT2D eigenvalue weighted by atomic mass is 9.99. The smallest absolute Gasteiger partial charge is 0.254 e. The maximum atomic E-state index is 13.2. The zero-order valence-corrected chi connectivity index (χ0v) is 17.7. The first-order chi connectivity index (χ1) is 13.9. The van der Waals surface area contributed by atoms with E-state index < -0.39 is 6.04 Å². The first-order valence-electron chi connectivity index (χ1n) is 10.3. The Hall–Kier alpha value is -2.82. The molecule has 3 rings (SSSR count). The van der Waals surface area contributed by atoms with E-state index in [-0.39, 0.29) is 11.8 Å². The van der Waals surface area contributed by atoms with Crippen LogP contribution >= 0.6 is 0 Å². The molecule has 5 nitrogen and oxygen atoms in total. The number of hydrogen-bond donors (Lipinski definition) is 1. The monoisotopic (exact) mass is 394 g/mol. The Bertz CT molecular complexity index is 890. The molecule has 1 aliphatic rings. The van der Waals surface area contributed by atoms with Crippen LogP contribution in [0.1, 0.15) is 61.4 Å². The zero-order valence-electron chi connectivity index (χ0n) is 17.7. The second-order valence-electron chi connectivity index (χ2n) is 7.72. The second kappa shape index (κ2) is 9.12. The van der Waals surface area contributed by atoms with Crippen LogP contribution in [0.5, 0.6) is 5.75 Å². The molecule has 0 aliphatic carbocycles. The van der Waals surface area contributed by atoms with Gasteiger partial charge in [-0.15, -0.1) is 0 Å². The molecule has 2 aromatic carbocycles. The molecular weight excluding hydrogens is 364 g/mol. The molecule has 2 amide bonds. The van der Waals surface area contributed by atoms with E-state index in [1.165, 1.54) is 19.8 Å². The summed E-state index contributed by atoms with van der Waals surface area (Å²) in [5.74, 6) is 0.551. The molecule has 154 valence electrons. The molecule has 2 aromatic rings. The van der Waals surface area contributed by atoms with E-state index in [0.29, 0.717) is 6.54 Å². The number of carbonyl (C=O) groups excluding carboxylic acids is 2. The van der Waals surface area contributed by atoms with Gasteiger partial charge in [-0.2, -0.15) is 0 Å². The number of aryl methyl sites for hydroxylation is 2. The molecule has 1 atom stereocenters. The van der Waals surface area contributed by atoms with Crippen molar-refractivity contribution in [3.63, 3.8) is 0 Å². The summed E-state index contributed by atoms with van der Waals surface area (Å²) in [6.07, 6.45) is 3.40. The Labute approximate surface area is 173 Å². The summed E-state index contributed by atoms with van der Waals surface area (Å²) in [5, 5.41) is 2.82. The predicted octanol–water partition coefficient (Wildman–Crippen LogP) is 4.60. The van der Waals surface area contributed by atoms with Gasteiger partial charge in [0.15, 0.2) is 0 Å². The van der Waals surface area contributed by atoms with Crippen molar-refractivity contribution in [1.82, 2.24) is 5.32 Å². The summed E-state index contributed by atoms with van der Waals surface area (Å²) >= 11 is 0. The van der Waals surface area contributed by atoms with Crippen LogP contribution in [0.25, 0.3) is 0 Å². The lowest BCUT2D eigenvalue weighted by Gasteiger charge is -2.20. The highest BCUT2D eigenvalue weighted by Gasteiger charge is 2.39. The maximum absolute atomic E-state index is 13.2. The second-order valence-corrected chi connectivity index (χ2v) is 7.72. The number of unbranched alkanes of at least 4 members (excludes halogenated alkanes) is 2. The van der Waals surface area contributed by atoms with Crippen molar-refractivity contribution < 1.29 is 14.3 Å². The molecule has 5 heteroatoms.